The number of hydrogen-bond acceptors (Lipinski definition) is 5. The molecular weight excluding hydrogens is 235 g/mol. The maximum atomic E-state index is 11.4. The second-order valence-corrected chi connectivity index (χ2v) is 3.55. The third kappa shape index (κ3) is 2.97. The van der Waals surface area contributed by atoms with E-state index in [2.05, 4.69) is 4.98 Å². The summed E-state index contributed by atoms with van der Waals surface area (Å²) in [5.74, 6) is -0.526. The molecule has 0 saturated heterocycles. The van der Waals surface area contributed by atoms with Gasteiger partial charge in [0.05, 0.1) is 6.61 Å². The molecule has 2 atom stereocenters. The number of rotatable bonds is 2. The summed E-state index contributed by atoms with van der Waals surface area (Å²) in [6.45, 7) is 1.43. The SMILES string of the molecule is Cc1cn(C2C=CC(CO)O2)c(=O)nc1[O-].[Na+]. The second kappa shape index (κ2) is 5.79. The van der Waals surface area contributed by atoms with Gasteiger partial charge in [-0.3, -0.25) is 4.57 Å². The maximum Gasteiger partial charge on any atom is 1.00 e. The summed E-state index contributed by atoms with van der Waals surface area (Å²) in [6.07, 6.45) is 3.71. The predicted molar refractivity (Wildman–Crippen MR) is 52.8 cm³/mol. The molecule has 1 aromatic heterocycles. The fourth-order valence-corrected chi connectivity index (χ4v) is 1.49. The first-order chi connectivity index (χ1) is 7.61. The molecule has 0 spiro atoms. The van der Waals surface area contributed by atoms with E-state index in [4.69, 9.17) is 9.84 Å². The molecule has 86 valence electrons. The molecule has 1 aliphatic rings. The standard InChI is InChI=1S/C10H12N2O4.Na/c1-6-4-12(10(15)11-9(6)14)8-3-2-7(5-13)16-8;/h2-4,7-8,13H,5H2,1H3,(H,11,14,15);/q;+1/p-1. The van der Waals surface area contributed by atoms with Crippen molar-refractivity contribution in [3.8, 4) is 5.88 Å². The zero-order chi connectivity index (χ0) is 11.7. The molecule has 2 rings (SSSR count). The van der Waals surface area contributed by atoms with Gasteiger partial charge in [0.1, 0.15) is 6.10 Å². The molecule has 2 heterocycles. The van der Waals surface area contributed by atoms with Gasteiger partial charge < -0.3 is 14.9 Å². The monoisotopic (exact) mass is 246 g/mol. The van der Waals surface area contributed by atoms with Gasteiger partial charge in [-0.25, -0.2) is 9.78 Å². The summed E-state index contributed by atoms with van der Waals surface area (Å²) in [5.41, 5.74) is -0.270. The van der Waals surface area contributed by atoms with Crippen molar-refractivity contribution >= 4 is 0 Å². The van der Waals surface area contributed by atoms with Crippen LogP contribution in [0.2, 0.25) is 0 Å². The van der Waals surface area contributed by atoms with Crippen LogP contribution in [-0.4, -0.2) is 27.4 Å². The Bertz CT molecular complexity index is 486. The summed E-state index contributed by atoms with van der Waals surface area (Å²) in [5, 5.41) is 20.0. The average molecular weight is 246 g/mol. The first-order valence-electron chi connectivity index (χ1n) is 4.83. The molecule has 0 fully saturated rings. The Hall–Kier alpha value is -0.660. The Kier molecular flexibility index (Phi) is 4.91. The Balaban J connectivity index is 0.00000144. The maximum absolute atomic E-state index is 11.4. The number of aliphatic hydroxyl groups is 1. The fraction of sp³-hybridized carbons (Fsp3) is 0.400. The van der Waals surface area contributed by atoms with Crippen molar-refractivity contribution < 1.29 is 44.5 Å². The van der Waals surface area contributed by atoms with Crippen molar-refractivity contribution in [2.24, 2.45) is 0 Å². The van der Waals surface area contributed by atoms with Gasteiger partial charge in [0.15, 0.2) is 6.23 Å². The summed E-state index contributed by atoms with van der Waals surface area (Å²) in [4.78, 5) is 14.8. The molecule has 0 saturated carbocycles. The largest absolute Gasteiger partial charge is 1.00 e. The van der Waals surface area contributed by atoms with Crippen LogP contribution in [0, 0.1) is 6.92 Å². The van der Waals surface area contributed by atoms with Gasteiger partial charge in [-0.2, -0.15) is 0 Å². The molecule has 6 nitrogen and oxygen atoms in total. The van der Waals surface area contributed by atoms with E-state index in [1.807, 2.05) is 0 Å². The number of hydrogen-bond donors (Lipinski definition) is 1. The van der Waals surface area contributed by atoms with Crippen molar-refractivity contribution in [3.05, 3.63) is 34.4 Å². The smallest absolute Gasteiger partial charge is 0.858 e. The average Bonchev–Trinajstić information content (AvgIpc) is 2.71. The number of nitrogens with zero attached hydrogens (tertiary/aromatic N) is 2. The molecule has 0 bridgehead atoms. The van der Waals surface area contributed by atoms with Gasteiger partial charge in [-0.1, -0.05) is 6.08 Å². The van der Waals surface area contributed by atoms with Crippen LogP contribution in [-0.2, 0) is 4.74 Å². The van der Waals surface area contributed by atoms with Crippen molar-refractivity contribution in [2.75, 3.05) is 6.61 Å². The molecule has 1 aromatic rings. The Morgan fingerprint density at radius 2 is 2.29 bits per heavy atom. The molecular formula is C10H11N2NaO4. The molecule has 0 amide bonds. The molecule has 0 radical (unpaired) electrons. The number of aryl methyl sites for hydroxylation is 1. The molecule has 1 aliphatic heterocycles. The van der Waals surface area contributed by atoms with Crippen LogP contribution in [0.5, 0.6) is 5.88 Å². The van der Waals surface area contributed by atoms with Gasteiger partial charge in [0.2, 0.25) is 0 Å². The molecule has 0 aromatic carbocycles. The van der Waals surface area contributed by atoms with Crippen molar-refractivity contribution in [1.29, 1.82) is 0 Å². The van der Waals surface area contributed by atoms with Crippen LogP contribution >= 0.6 is 0 Å². The van der Waals surface area contributed by atoms with Crippen LogP contribution in [0.25, 0.3) is 0 Å². The van der Waals surface area contributed by atoms with Gasteiger partial charge in [0, 0.05) is 6.20 Å². The summed E-state index contributed by atoms with van der Waals surface area (Å²) in [7, 11) is 0. The molecule has 7 heteroatoms. The predicted octanol–water partition coefficient (Wildman–Crippen LogP) is -3.92. The Morgan fingerprint density at radius 1 is 1.59 bits per heavy atom. The van der Waals surface area contributed by atoms with Crippen LogP contribution in [0.3, 0.4) is 0 Å². The first-order valence-corrected chi connectivity index (χ1v) is 4.83. The van der Waals surface area contributed by atoms with Crippen LogP contribution < -0.4 is 40.4 Å². The third-order valence-corrected chi connectivity index (χ3v) is 2.35. The van der Waals surface area contributed by atoms with E-state index in [1.54, 1.807) is 19.1 Å². The molecule has 2 unspecified atom stereocenters. The second-order valence-electron chi connectivity index (χ2n) is 3.55. The molecule has 1 N–H and O–H groups in total. The van der Waals surface area contributed by atoms with Gasteiger partial charge in [0.25, 0.3) is 0 Å². The third-order valence-electron chi connectivity index (χ3n) is 2.35. The summed E-state index contributed by atoms with van der Waals surface area (Å²) < 4.78 is 6.56. The van der Waals surface area contributed by atoms with Gasteiger partial charge >= 0.3 is 35.2 Å². The van der Waals surface area contributed by atoms with E-state index in [-0.39, 0.29) is 36.2 Å². The minimum Gasteiger partial charge on any atom is -0.858 e. The van der Waals surface area contributed by atoms with Crippen molar-refractivity contribution in [1.82, 2.24) is 9.55 Å². The minimum atomic E-state index is -0.649. The number of aliphatic hydroxyl groups excluding tert-OH is 1. The van der Waals surface area contributed by atoms with Crippen LogP contribution in [0.4, 0.5) is 0 Å². The Labute approximate surface area is 120 Å². The van der Waals surface area contributed by atoms with Gasteiger partial charge in [-0.05, 0) is 24.4 Å². The topological polar surface area (TPSA) is 87.4 Å². The van der Waals surface area contributed by atoms with E-state index < -0.39 is 23.9 Å². The fourth-order valence-electron chi connectivity index (χ4n) is 1.49. The minimum absolute atomic E-state index is 0. The van der Waals surface area contributed by atoms with E-state index in [0.29, 0.717) is 5.56 Å². The first kappa shape index (κ1) is 14.4. The summed E-state index contributed by atoms with van der Waals surface area (Å²) in [6, 6.07) is 0. The quantitative estimate of drug-likeness (QED) is 0.425. The van der Waals surface area contributed by atoms with E-state index in [9.17, 15) is 9.90 Å². The number of ether oxygens (including phenoxy) is 1. The number of aromatic nitrogens is 2. The van der Waals surface area contributed by atoms with Crippen LogP contribution in [0.15, 0.2) is 23.1 Å². The van der Waals surface area contributed by atoms with Crippen molar-refractivity contribution in [2.45, 2.75) is 19.3 Å². The van der Waals surface area contributed by atoms with E-state index in [0.717, 1.165) is 0 Å². The normalized spacial score (nSPS) is 22.5. The zero-order valence-electron chi connectivity index (χ0n) is 9.66. The molecule has 17 heavy (non-hydrogen) atoms. The van der Waals surface area contributed by atoms with Crippen molar-refractivity contribution in [3.63, 3.8) is 0 Å². The zero-order valence-corrected chi connectivity index (χ0v) is 11.7. The summed E-state index contributed by atoms with van der Waals surface area (Å²) >= 11 is 0. The Morgan fingerprint density at radius 3 is 2.88 bits per heavy atom. The molecule has 0 aliphatic carbocycles. The van der Waals surface area contributed by atoms with Crippen LogP contribution in [0.1, 0.15) is 11.8 Å². The van der Waals surface area contributed by atoms with E-state index >= 15 is 0 Å². The van der Waals surface area contributed by atoms with E-state index in [1.165, 1.54) is 10.8 Å². The van der Waals surface area contributed by atoms with Gasteiger partial charge in [-0.15, -0.1) is 0 Å².